The number of phosphoric acid groups is 1. The molecule has 1 aliphatic heterocycles. The highest BCUT2D eigenvalue weighted by atomic mass is 31.2. The highest BCUT2D eigenvalue weighted by Crippen LogP contribution is 2.43. The maximum absolute atomic E-state index is 12.7. The van der Waals surface area contributed by atoms with Crippen molar-refractivity contribution in [3.63, 3.8) is 0 Å². The maximum atomic E-state index is 12.7. The lowest BCUT2D eigenvalue weighted by Gasteiger charge is -2.24. The van der Waals surface area contributed by atoms with Crippen molar-refractivity contribution in [3.05, 3.63) is 36.5 Å². The van der Waals surface area contributed by atoms with Gasteiger partial charge in [0.15, 0.2) is 6.10 Å². The van der Waals surface area contributed by atoms with Gasteiger partial charge < -0.3 is 23.6 Å². The molecule has 10 nitrogen and oxygen atoms in total. The van der Waals surface area contributed by atoms with Gasteiger partial charge in [0.25, 0.3) is 0 Å². The zero-order valence-corrected chi connectivity index (χ0v) is 36.5. The number of likely N-dealkylation sites (N-methyl/N-ethyl adjacent to an activating group) is 1. The number of quaternary nitrogens is 1. The van der Waals surface area contributed by atoms with Gasteiger partial charge in [0.05, 0.1) is 40.0 Å². The Bertz CT molecular complexity index is 1100. The van der Waals surface area contributed by atoms with Crippen LogP contribution in [0.25, 0.3) is 0 Å². The van der Waals surface area contributed by atoms with E-state index in [4.69, 9.17) is 23.3 Å². The quantitative estimate of drug-likeness (QED) is 0.0162. The summed E-state index contributed by atoms with van der Waals surface area (Å²) in [6.07, 6.45) is 37.9. The molecule has 0 radical (unpaired) electrons. The van der Waals surface area contributed by atoms with Crippen molar-refractivity contribution < 1.29 is 46.8 Å². The summed E-state index contributed by atoms with van der Waals surface area (Å²) in [5, 5.41) is 0. The Morgan fingerprint density at radius 1 is 0.655 bits per heavy atom. The van der Waals surface area contributed by atoms with E-state index >= 15 is 0 Å². The lowest BCUT2D eigenvalue weighted by Crippen LogP contribution is -2.37. The van der Waals surface area contributed by atoms with E-state index in [0.717, 1.165) is 44.9 Å². The Morgan fingerprint density at radius 2 is 1.16 bits per heavy atom. The Morgan fingerprint density at radius 3 is 1.78 bits per heavy atom. The molecule has 1 fully saturated rings. The molecule has 3 unspecified atom stereocenters. The number of nitrogens with zero attached hydrogens (tertiary/aromatic N) is 1. The van der Waals surface area contributed by atoms with Crippen LogP contribution in [0.1, 0.15) is 168 Å². The van der Waals surface area contributed by atoms with Crippen LogP contribution in [0.3, 0.4) is 0 Å². The normalized spacial score (nSPS) is 17.6. The molecule has 0 aromatic carbocycles. The van der Waals surface area contributed by atoms with Crippen LogP contribution in [0.4, 0.5) is 0 Å². The lowest BCUT2D eigenvalue weighted by atomic mass is 10.0. The highest BCUT2D eigenvalue weighted by molar-refractivity contribution is 7.47. The molecule has 0 aromatic rings. The van der Waals surface area contributed by atoms with E-state index in [1.54, 1.807) is 0 Å². The SMILES string of the molecule is CCCCC/C=C\C/C=C\CC1OC1C/C=C\CCCC(=O)O[C@H](COC(=O)CCCCCCCCCCCCCCC)COP(=O)(O)OCC[N+](C)(C)C. The van der Waals surface area contributed by atoms with Gasteiger partial charge in [0.2, 0.25) is 0 Å². The molecule has 11 heteroatoms. The third kappa shape index (κ3) is 34.0. The van der Waals surface area contributed by atoms with Gasteiger partial charge >= 0.3 is 19.8 Å². The minimum Gasteiger partial charge on any atom is -0.462 e. The Kier molecular flexibility index (Phi) is 30.9. The molecule has 55 heavy (non-hydrogen) atoms. The molecule has 1 rings (SSSR count). The third-order valence-corrected chi connectivity index (χ3v) is 10.6. The Balaban J connectivity index is 2.34. The molecule has 4 atom stereocenters. The standard InChI is InChI=1S/C44H80NO9P/c1-6-8-10-12-14-16-17-18-19-21-23-25-30-34-43(46)50-38-40(39-52-55(48,49)51-37-36-45(3,4)5)53-44(47)35-31-27-26-29-33-42-41(54-42)32-28-24-22-20-15-13-11-9-7-2/h15,20,24,26,28-29,40-42H,6-14,16-19,21-23,25,27,30-39H2,1-5H3/p+1/b20-15-,28-24-,29-26-/t40-,41?,42?/m1/s1. The van der Waals surface area contributed by atoms with E-state index in [1.165, 1.54) is 83.5 Å². The van der Waals surface area contributed by atoms with Crippen molar-refractivity contribution in [3.8, 4) is 0 Å². The largest absolute Gasteiger partial charge is 0.472 e. The van der Waals surface area contributed by atoms with Gasteiger partial charge in [0.1, 0.15) is 19.8 Å². The van der Waals surface area contributed by atoms with E-state index in [9.17, 15) is 19.0 Å². The number of esters is 2. The van der Waals surface area contributed by atoms with Gasteiger partial charge in [-0.1, -0.05) is 140 Å². The summed E-state index contributed by atoms with van der Waals surface area (Å²) < 4.78 is 40.0. The predicted molar refractivity (Wildman–Crippen MR) is 224 cm³/mol. The zero-order valence-electron chi connectivity index (χ0n) is 35.6. The predicted octanol–water partition coefficient (Wildman–Crippen LogP) is 11.1. The lowest BCUT2D eigenvalue weighted by molar-refractivity contribution is -0.870. The summed E-state index contributed by atoms with van der Waals surface area (Å²) in [5.74, 6) is -0.870. The number of unbranched alkanes of at least 4 members (excludes halogenated alkanes) is 16. The molecule has 0 aliphatic carbocycles. The number of phosphoric ester groups is 1. The average molecular weight is 799 g/mol. The Labute approximate surface area is 336 Å². The van der Waals surface area contributed by atoms with Crippen LogP contribution in [0.5, 0.6) is 0 Å². The molecule has 0 bridgehead atoms. The number of carbonyl (C=O) groups excluding carboxylic acids is 2. The smallest absolute Gasteiger partial charge is 0.462 e. The van der Waals surface area contributed by atoms with E-state index in [-0.39, 0.29) is 44.2 Å². The van der Waals surface area contributed by atoms with Crippen LogP contribution in [-0.2, 0) is 37.4 Å². The van der Waals surface area contributed by atoms with Crippen LogP contribution in [0.15, 0.2) is 36.5 Å². The summed E-state index contributed by atoms with van der Waals surface area (Å²) in [6.45, 7) is 4.31. The highest BCUT2D eigenvalue weighted by Gasteiger charge is 2.36. The second-order valence-electron chi connectivity index (χ2n) is 16.1. The molecule has 0 aromatic heterocycles. The molecule has 1 N–H and O–H groups in total. The number of hydrogen-bond donors (Lipinski definition) is 1. The molecule has 0 amide bonds. The number of hydrogen-bond acceptors (Lipinski definition) is 8. The Hall–Kier alpha value is -1.81. The van der Waals surface area contributed by atoms with Gasteiger partial charge in [0, 0.05) is 12.8 Å². The van der Waals surface area contributed by atoms with Gasteiger partial charge in [-0.15, -0.1) is 0 Å². The topological polar surface area (TPSA) is 121 Å². The fourth-order valence-electron chi connectivity index (χ4n) is 5.99. The summed E-state index contributed by atoms with van der Waals surface area (Å²) >= 11 is 0. The molecule has 320 valence electrons. The van der Waals surface area contributed by atoms with E-state index in [2.05, 4.69) is 50.3 Å². The van der Waals surface area contributed by atoms with Crippen molar-refractivity contribution in [1.29, 1.82) is 0 Å². The molecule has 0 spiro atoms. The molecule has 1 saturated heterocycles. The van der Waals surface area contributed by atoms with Gasteiger partial charge in [-0.3, -0.25) is 18.6 Å². The minimum absolute atomic E-state index is 0.0189. The zero-order chi connectivity index (χ0) is 40.5. The van der Waals surface area contributed by atoms with Crippen molar-refractivity contribution in [2.75, 3.05) is 47.5 Å². The van der Waals surface area contributed by atoms with Gasteiger partial charge in [-0.2, -0.15) is 0 Å². The summed E-state index contributed by atoms with van der Waals surface area (Å²) in [6, 6.07) is 0. The molecular formula is C44H81NO9P+. The molecule has 0 saturated carbocycles. The van der Waals surface area contributed by atoms with Gasteiger partial charge in [-0.05, 0) is 51.4 Å². The van der Waals surface area contributed by atoms with Crippen LogP contribution < -0.4 is 0 Å². The number of rotatable bonds is 38. The van der Waals surface area contributed by atoms with E-state index < -0.39 is 26.5 Å². The first-order chi connectivity index (χ1) is 26.5. The van der Waals surface area contributed by atoms with Crippen molar-refractivity contribution in [2.24, 2.45) is 0 Å². The number of allylic oxidation sites excluding steroid dienone is 4. The first kappa shape index (κ1) is 51.2. The fraction of sp³-hybridized carbons (Fsp3) is 0.818. The van der Waals surface area contributed by atoms with E-state index in [1.807, 2.05) is 21.1 Å². The molecule has 1 aliphatic rings. The van der Waals surface area contributed by atoms with Crippen LogP contribution >= 0.6 is 7.82 Å². The van der Waals surface area contributed by atoms with Crippen LogP contribution in [0.2, 0.25) is 0 Å². The second kappa shape index (κ2) is 33.2. The second-order valence-corrected chi connectivity index (χ2v) is 17.6. The third-order valence-electron chi connectivity index (χ3n) is 9.58. The molecular weight excluding hydrogens is 717 g/mol. The average Bonchev–Trinajstić information content (AvgIpc) is 3.89. The maximum Gasteiger partial charge on any atom is 0.472 e. The number of ether oxygens (including phenoxy) is 3. The van der Waals surface area contributed by atoms with E-state index in [0.29, 0.717) is 23.9 Å². The number of epoxide rings is 1. The van der Waals surface area contributed by atoms with Gasteiger partial charge in [-0.25, -0.2) is 4.57 Å². The number of carbonyl (C=O) groups is 2. The first-order valence-electron chi connectivity index (χ1n) is 21.8. The summed E-state index contributed by atoms with van der Waals surface area (Å²) in [7, 11) is 1.43. The van der Waals surface area contributed by atoms with Crippen molar-refractivity contribution >= 4 is 19.8 Å². The fourth-order valence-corrected chi connectivity index (χ4v) is 6.73. The first-order valence-corrected chi connectivity index (χ1v) is 23.3. The monoisotopic (exact) mass is 799 g/mol. The van der Waals surface area contributed by atoms with Crippen LogP contribution in [0, 0.1) is 0 Å². The van der Waals surface area contributed by atoms with Crippen LogP contribution in [-0.4, -0.2) is 87.1 Å². The summed E-state index contributed by atoms with van der Waals surface area (Å²) in [5.41, 5.74) is 0. The van der Waals surface area contributed by atoms with Crippen molar-refractivity contribution in [2.45, 2.75) is 186 Å². The van der Waals surface area contributed by atoms with Crippen molar-refractivity contribution in [1.82, 2.24) is 0 Å². The molecule has 1 heterocycles. The minimum atomic E-state index is -4.39. The summed E-state index contributed by atoms with van der Waals surface area (Å²) in [4.78, 5) is 35.4.